The van der Waals surface area contributed by atoms with Crippen LogP contribution in [0.2, 0.25) is 5.02 Å². The smallest absolute Gasteiger partial charge is 0.287 e. The van der Waals surface area contributed by atoms with Gasteiger partial charge in [-0.15, -0.1) is 0 Å². The summed E-state index contributed by atoms with van der Waals surface area (Å²) in [5.74, 6) is 0. The summed E-state index contributed by atoms with van der Waals surface area (Å²) in [4.78, 5) is 11.9. The van der Waals surface area contributed by atoms with Crippen molar-refractivity contribution >= 4 is 17.3 Å². The summed E-state index contributed by atoms with van der Waals surface area (Å²) in [6, 6.07) is -0.452. The number of methoxy groups -OCH3 is 1. The van der Waals surface area contributed by atoms with E-state index in [1.54, 1.807) is 14.0 Å². The molecule has 1 rings (SSSR count). The lowest BCUT2D eigenvalue weighted by Crippen LogP contribution is -2.39. The molecule has 0 spiro atoms. The normalized spacial score (nSPS) is 14.2. The molecule has 1 heterocycles. The first-order valence-corrected chi connectivity index (χ1v) is 6.27. The summed E-state index contributed by atoms with van der Waals surface area (Å²) in [6.45, 7) is 2.60. The van der Waals surface area contributed by atoms with Gasteiger partial charge in [0, 0.05) is 19.7 Å². The topological polar surface area (TPSA) is 102 Å². The number of nitrogens with zero attached hydrogens (tertiary/aromatic N) is 2. The van der Waals surface area contributed by atoms with Gasteiger partial charge in [0.2, 0.25) is 0 Å². The quantitative estimate of drug-likeness (QED) is 0.635. The first-order chi connectivity index (χ1) is 8.97. The standard InChI is InChI=1S/C11H19ClN4O3/c1-7(17)8(13)5-14-9-6-15-16(3-4-19-2)11(18)10(9)12/h6-8,14,17H,3-5,13H2,1-2H3. The summed E-state index contributed by atoms with van der Waals surface area (Å²) in [7, 11) is 1.54. The second-order valence-corrected chi connectivity index (χ2v) is 4.56. The highest BCUT2D eigenvalue weighted by atomic mass is 35.5. The molecule has 0 bridgehead atoms. The van der Waals surface area contributed by atoms with E-state index in [0.717, 1.165) is 0 Å². The van der Waals surface area contributed by atoms with E-state index in [-0.39, 0.29) is 5.02 Å². The van der Waals surface area contributed by atoms with E-state index in [9.17, 15) is 9.90 Å². The lowest BCUT2D eigenvalue weighted by molar-refractivity contribution is 0.168. The van der Waals surface area contributed by atoms with Crippen LogP contribution in [0.15, 0.2) is 11.0 Å². The fourth-order valence-electron chi connectivity index (χ4n) is 1.32. The molecule has 1 aromatic rings. The van der Waals surface area contributed by atoms with Crippen LogP contribution in [-0.2, 0) is 11.3 Å². The van der Waals surface area contributed by atoms with E-state index in [1.165, 1.54) is 10.9 Å². The number of aliphatic hydroxyl groups is 1. The lowest BCUT2D eigenvalue weighted by Gasteiger charge is -2.16. The molecule has 0 aliphatic rings. The van der Waals surface area contributed by atoms with Crippen molar-refractivity contribution in [3.63, 3.8) is 0 Å². The molecule has 0 aromatic carbocycles. The zero-order valence-electron chi connectivity index (χ0n) is 11.0. The maximum Gasteiger partial charge on any atom is 0.287 e. The van der Waals surface area contributed by atoms with Crippen LogP contribution in [0, 0.1) is 0 Å². The molecular formula is C11H19ClN4O3. The molecule has 0 saturated heterocycles. The third-order valence-corrected chi connectivity index (χ3v) is 3.01. The molecule has 7 nitrogen and oxygen atoms in total. The SMILES string of the molecule is COCCn1ncc(NCC(N)C(C)O)c(Cl)c1=O. The van der Waals surface area contributed by atoms with Crippen molar-refractivity contribution in [2.75, 3.05) is 25.6 Å². The first-order valence-electron chi connectivity index (χ1n) is 5.89. The summed E-state index contributed by atoms with van der Waals surface area (Å²) in [5.41, 5.74) is 5.68. The van der Waals surface area contributed by atoms with E-state index >= 15 is 0 Å². The Balaban J connectivity index is 2.76. The van der Waals surface area contributed by atoms with Gasteiger partial charge in [0.15, 0.2) is 0 Å². The van der Waals surface area contributed by atoms with E-state index in [1.807, 2.05) is 0 Å². The number of aliphatic hydroxyl groups excluding tert-OH is 1. The molecule has 8 heteroatoms. The van der Waals surface area contributed by atoms with Crippen molar-refractivity contribution in [3.8, 4) is 0 Å². The summed E-state index contributed by atoms with van der Waals surface area (Å²) in [5, 5.41) is 16.2. The van der Waals surface area contributed by atoms with Crippen molar-refractivity contribution in [1.29, 1.82) is 0 Å². The third kappa shape index (κ3) is 4.46. The minimum absolute atomic E-state index is 0.0453. The van der Waals surface area contributed by atoms with Gasteiger partial charge in [-0.25, -0.2) is 4.68 Å². The molecule has 0 radical (unpaired) electrons. The molecule has 2 unspecified atom stereocenters. The monoisotopic (exact) mass is 290 g/mol. The second-order valence-electron chi connectivity index (χ2n) is 4.18. The van der Waals surface area contributed by atoms with Gasteiger partial charge in [0.1, 0.15) is 5.02 Å². The molecule has 1 aromatic heterocycles. The number of ether oxygens (including phenoxy) is 1. The molecule has 0 amide bonds. The molecule has 0 aliphatic heterocycles. The number of hydrogen-bond donors (Lipinski definition) is 3. The summed E-state index contributed by atoms with van der Waals surface area (Å²) >= 11 is 5.96. The molecule has 108 valence electrons. The third-order valence-electron chi connectivity index (χ3n) is 2.64. The highest BCUT2D eigenvalue weighted by Gasteiger charge is 2.12. The molecule has 4 N–H and O–H groups in total. The molecule has 0 fully saturated rings. The van der Waals surface area contributed by atoms with E-state index in [0.29, 0.717) is 25.4 Å². The van der Waals surface area contributed by atoms with Gasteiger partial charge < -0.3 is 20.9 Å². The Morgan fingerprint density at radius 1 is 1.68 bits per heavy atom. The summed E-state index contributed by atoms with van der Waals surface area (Å²) < 4.78 is 6.10. The second kappa shape index (κ2) is 7.44. The van der Waals surface area contributed by atoms with Gasteiger partial charge in [0.05, 0.1) is 31.1 Å². The van der Waals surface area contributed by atoms with Gasteiger partial charge >= 0.3 is 0 Å². The lowest BCUT2D eigenvalue weighted by atomic mass is 10.2. The Labute approximate surface area is 116 Å². The van der Waals surface area contributed by atoms with Crippen LogP contribution in [0.5, 0.6) is 0 Å². The number of aromatic nitrogens is 2. The predicted molar refractivity (Wildman–Crippen MR) is 73.5 cm³/mol. The number of hydrogen-bond acceptors (Lipinski definition) is 6. The number of rotatable bonds is 7. The number of anilines is 1. The highest BCUT2D eigenvalue weighted by Crippen LogP contribution is 2.15. The van der Waals surface area contributed by atoms with Crippen molar-refractivity contribution in [3.05, 3.63) is 21.6 Å². The van der Waals surface area contributed by atoms with Gasteiger partial charge in [-0.2, -0.15) is 5.10 Å². The molecule has 0 aliphatic carbocycles. The van der Waals surface area contributed by atoms with Crippen molar-refractivity contribution in [2.24, 2.45) is 5.73 Å². The zero-order chi connectivity index (χ0) is 14.4. The van der Waals surface area contributed by atoms with Crippen molar-refractivity contribution in [2.45, 2.75) is 25.6 Å². The van der Waals surface area contributed by atoms with Crippen LogP contribution in [0.3, 0.4) is 0 Å². The molecule has 19 heavy (non-hydrogen) atoms. The van der Waals surface area contributed by atoms with Gasteiger partial charge in [-0.3, -0.25) is 4.79 Å². The average Bonchev–Trinajstić information content (AvgIpc) is 2.38. The van der Waals surface area contributed by atoms with Crippen molar-refractivity contribution in [1.82, 2.24) is 9.78 Å². The maximum atomic E-state index is 11.9. The minimum atomic E-state index is -0.652. The van der Waals surface area contributed by atoms with Gasteiger partial charge in [0.25, 0.3) is 5.56 Å². The Morgan fingerprint density at radius 2 is 2.37 bits per heavy atom. The predicted octanol–water partition coefficient (Wildman–Crippen LogP) is -0.337. The Bertz CT molecular complexity index is 464. The van der Waals surface area contributed by atoms with E-state index < -0.39 is 17.7 Å². The molecule has 0 saturated carbocycles. The highest BCUT2D eigenvalue weighted by molar-refractivity contribution is 6.32. The fourth-order valence-corrected chi connectivity index (χ4v) is 1.54. The van der Waals surface area contributed by atoms with Crippen LogP contribution in [0.4, 0.5) is 5.69 Å². The van der Waals surface area contributed by atoms with Crippen LogP contribution >= 0.6 is 11.6 Å². The first kappa shape index (κ1) is 15.9. The summed E-state index contributed by atoms with van der Waals surface area (Å²) in [6.07, 6.45) is 0.801. The minimum Gasteiger partial charge on any atom is -0.392 e. The van der Waals surface area contributed by atoms with E-state index in [2.05, 4.69) is 10.4 Å². The maximum absolute atomic E-state index is 11.9. The molecule has 2 atom stereocenters. The molecular weight excluding hydrogens is 272 g/mol. The average molecular weight is 291 g/mol. The van der Waals surface area contributed by atoms with Gasteiger partial charge in [-0.1, -0.05) is 11.6 Å². The van der Waals surface area contributed by atoms with Crippen LogP contribution in [0.1, 0.15) is 6.92 Å². The number of nitrogens with two attached hydrogens (primary N) is 1. The Hall–Kier alpha value is -1.15. The van der Waals surface area contributed by atoms with E-state index in [4.69, 9.17) is 22.1 Å². The van der Waals surface area contributed by atoms with Crippen LogP contribution in [-0.4, -0.2) is 47.3 Å². The Morgan fingerprint density at radius 3 is 2.95 bits per heavy atom. The zero-order valence-corrected chi connectivity index (χ0v) is 11.7. The number of halogens is 1. The number of nitrogens with one attached hydrogen (secondary N) is 1. The van der Waals surface area contributed by atoms with Crippen molar-refractivity contribution < 1.29 is 9.84 Å². The Kier molecular flexibility index (Phi) is 6.23. The van der Waals surface area contributed by atoms with Crippen LogP contribution in [0.25, 0.3) is 0 Å². The van der Waals surface area contributed by atoms with Crippen LogP contribution < -0.4 is 16.6 Å². The largest absolute Gasteiger partial charge is 0.392 e. The fraction of sp³-hybridized carbons (Fsp3) is 0.636. The van der Waals surface area contributed by atoms with Gasteiger partial charge in [-0.05, 0) is 6.92 Å².